The van der Waals surface area contributed by atoms with Gasteiger partial charge in [-0.05, 0) is 61.8 Å². The SMILES string of the molecule is CCN(CC)C1CCN(c2cc(N(C)c3ccnc4ccnn34)c(OC)cc2-c2cccc(Cl)c2)CC1. The first kappa shape index (κ1) is 25.4. The molecule has 2 aromatic carbocycles. The molecular formula is C29H35ClN6O. The van der Waals surface area contributed by atoms with Gasteiger partial charge in [0.25, 0.3) is 0 Å². The summed E-state index contributed by atoms with van der Waals surface area (Å²) in [6, 6.07) is 17.0. The molecule has 0 saturated carbocycles. The van der Waals surface area contributed by atoms with Gasteiger partial charge in [-0.15, -0.1) is 0 Å². The summed E-state index contributed by atoms with van der Waals surface area (Å²) in [6.07, 6.45) is 5.87. The van der Waals surface area contributed by atoms with Crippen LogP contribution in [0.15, 0.2) is 60.9 Å². The molecule has 0 spiro atoms. The number of halogens is 1. The first-order valence-corrected chi connectivity index (χ1v) is 13.4. The van der Waals surface area contributed by atoms with Crippen molar-refractivity contribution < 1.29 is 4.74 Å². The van der Waals surface area contributed by atoms with Crippen molar-refractivity contribution in [2.45, 2.75) is 32.7 Å². The van der Waals surface area contributed by atoms with E-state index in [-0.39, 0.29) is 0 Å². The van der Waals surface area contributed by atoms with Crippen molar-refractivity contribution in [1.29, 1.82) is 0 Å². The third-order valence-corrected chi connectivity index (χ3v) is 7.78. The summed E-state index contributed by atoms with van der Waals surface area (Å²) in [6.45, 7) is 8.72. The van der Waals surface area contributed by atoms with Gasteiger partial charge in [0.05, 0.1) is 19.0 Å². The number of nitrogens with zero attached hydrogens (tertiary/aromatic N) is 6. The van der Waals surface area contributed by atoms with Gasteiger partial charge in [0.2, 0.25) is 0 Å². The Hall–Kier alpha value is -3.29. The minimum atomic E-state index is 0.631. The highest BCUT2D eigenvalue weighted by Gasteiger charge is 2.26. The van der Waals surface area contributed by atoms with Gasteiger partial charge in [-0.25, -0.2) is 4.98 Å². The number of anilines is 3. The molecule has 4 aromatic rings. The Bertz CT molecular complexity index is 1360. The summed E-state index contributed by atoms with van der Waals surface area (Å²) in [5.74, 6) is 1.70. The Morgan fingerprint density at radius 2 is 1.81 bits per heavy atom. The summed E-state index contributed by atoms with van der Waals surface area (Å²) in [5, 5.41) is 5.21. The van der Waals surface area contributed by atoms with Crippen LogP contribution < -0.4 is 14.5 Å². The molecule has 37 heavy (non-hydrogen) atoms. The van der Waals surface area contributed by atoms with E-state index in [2.05, 4.69) is 56.8 Å². The third-order valence-electron chi connectivity index (χ3n) is 7.54. The molecule has 2 aromatic heterocycles. The first-order valence-electron chi connectivity index (χ1n) is 13.0. The molecule has 0 atom stereocenters. The fourth-order valence-corrected chi connectivity index (χ4v) is 5.73. The molecule has 0 N–H and O–H groups in total. The monoisotopic (exact) mass is 518 g/mol. The van der Waals surface area contributed by atoms with Gasteiger partial charge in [-0.3, -0.25) is 0 Å². The van der Waals surface area contributed by atoms with Gasteiger partial charge in [-0.2, -0.15) is 9.61 Å². The molecule has 1 aliphatic heterocycles. The zero-order valence-corrected chi connectivity index (χ0v) is 22.8. The van der Waals surface area contributed by atoms with Crippen LogP contribution in [0, 0.1) is 0 Å². The number of fused-ring (bicyclic) bond motifs is 1. The number of piperidine rings is 1. The molecule has 0 radical (unpaired) electrons. The van der Waals surface area contributed by atoms with Crippen molar-refractivity contribution in [3.05, 3.63) is 65.9 Å². The smallest absolute Gasteiger partial charge is 0.157 e. The summed E-state index contributed by atoms with van der Waals surface area (Å²) >= 11 is 6.42. The second-order valence-electron chi connectivity index (χ2n) is 9.45. The number of ether oxygens (including phenoxy) is 1. The fourth-order valence-electron chi connectivity index (χ4n) is 5.54. The van der Waals surface area contributed by atoms with Crippen LogP contribution in [0.1, 0.15) is 26.7 Å². The number of hydrogen-bond acceptors (Lipinski definition) is 6. The predicted octanol–water partition coefficient (Wildman–Crippen LogP) is 6.14. The lowest BCUT2D eigenvalue weighted by molar-refractivity contribution is 0.186. The molecule has 194 valence electrons. The molecule has 0 aliphatic carbocycles. The van der Waals surface area contributed by atoms with Crippen LogP contribution in [0.2, 0.25) is 5.02 Å². The van der Waals surface area contributed by atoms with Gasteiger partial charge < -0.3 is 19.4 Å². The fraction of sp³-hybridized carbons (Fsp3) is 0.379. The Morgan fingerprint density at radius 3 is 2.51 bits per heavy atom. The normalized spacial score (nSPS) is 14.5. The van der Waals surface area contributed by atoms with E-state index in [9.17, 15) is 0 Å². The van der Waals surface area contributed by atoms with Crippen LogP contribution >= 0.6 is 11.6 Å². The molecule has 1 aliphatic rings. The summed E-state index contributed by atoms with van der Waals surface area (Å²) in [7, 11) is 3.77. The molecule has 1 saturated heterocycles. The summed E-state index contributed by atoms with van der Waals surface area (Å²) in [5.41, 5.74) is 5.17. The highest BCUT2D eigenvalue weighted by Crippen LogP contribution is 2.43. The van der Waals surface area contributed by atoms with E-state index >= 15 is 0 Å². The van der Waals surface area contributed by atoms with E-state index < -0.39 is 0 Å². The van der Waals surface area contributed by atoms with Gasteiger partial charge in [0, 0.05) is 54.7 Å². The average molecular weight is 519 g/mol. The van der Waals surface area contributed by atoms with Crippen LogP contribution in [0.25, 0.3) is 16.8 Å². The highest BCUT2D eigenvalue weighted by molar-refractivity contribution is 6.30. The molecule has 8 heteroatoms. The van der Waals surface area contributed by atoms with Gasteiger partial charge in [-0.1, -0.05) is 37.6 Å². The second kappa shape index (κ2) is 11.0. The minimum absolute atomic E-state index is 0.631. The van der Waals surface area contributed by atoms with Gasteiger partial charge in [0.1, 0.15) is 11.6 Å². The second-order valence-corrected chi connectivity index (χ2v) is 9.89. The van der Waals surface area contributed by atoms with Crippen molar-refractivity contribution >= 4 is 34.4 Å². The van der Waals surface area contributed by atoms with Crippen molar-refractivity contribution in [2.75, 3.05) is 50.1 Å². The molecule has 0 amide bonds. The van der Waals surface area contributed by atoms with Crippen molar-refractivity contribution in [1.82, 2.24) is 19.5 Å². The maximum atomic E-state index is 6.42. The Kier molecular flexibility index (Phi) is 7.53. The lowest BCUT2D eigenvalue weighted by Crippen LogP contribution is -2.45. The van der Waals surface area contributed by atoms with Gasteiger partial charge >= 0.3 is 0 Å². The Morgan fingerprint density at radius 1 is 1.03 bits per heavy atom. The molecule has 3 heterocycles. The number of rotatable bonds is 8. The van der Waals surface area contributed by atoms with Crippen LogP contribution in [-0.2, 0) is 0 Å². The van der Waals surface area contributed by atoms with E-state index in [4.69, 9.17) is 16.3 Å². The van der Waals surface area contributed by atoms with E-state index in [1.807, 2.05) is 48.1 Å². The minimum Gasteiger partial charge on any atom is -0.495 e. The lowest BCUT2D eigenvalue weighted by atomic mass is 9.97. The average Bonchev–Trinajstić information content (AvgIpc) is 3.42. The maximum absolute atomic E-state index is 6.42. The van der Waals surface area contributed by atoms with Crippen molar-refractivity contribution in [3.63, 3.8) is 0 Å². The molecule has 7 nitrogen and oxygen atoms in total. The number of benzene rings is 2. The third kappa shape index (κ3) is 4.98. The highest BCUT2D eigenvalue weighted by atomic mass is 35.5. The largest absolute Gasteiger partial charge is 0.495 e. The standard InChI is InChI=1S/C29H35ClN6O/c1-5-34(6-2)23-12-16-35(17-13-23)25-20-26(33(3)29-11-14-31-28-10-15-32-36(28)29)27(37-4)19-24(25)21-8-7-9-22(30)18-21/h7-11,14-15,18-20,23H,5-6,12-13,16-17H2,1-4H3. The van der Waals surface area contributed by atoms with E-state index in [0.717, 1.165) is 78.1 Å². The van der Waals surface area contributed by atoms with E-state index in [1.54, 1.807) is 13.3 Å². The number of hydrogen-bond donors (Lipinski definition) is 0. The van der Waals surface area contributed by atoms with Crippen molar-refractivity contribution in [2.24, 2.45) is 0 Å². The molecule has 0 bridgehead atoms. The van der Waals surface area contributed by atoms with Crippen LogP contribution in [0.5, 0.6) is 5.75 Å². The maximum Gasteiger partial charge on any atom is 0.157 e. The van der Waals surface area contributed by atoms with Crippen molar-refractivity contribution in [3.8, 4) is 16.9 Å². The zero-order valence-electron chi connectivity index (χ0n) is 22.1. The predicted molar refractivity (Wildman–Crippen MR) is 153 cm³/mol. The van der Waals surface area contributed by atoms with Crippen LogP contribution in [-0.4, -0.2) is 65.9 Å². The van der Waals surface area contributed by atoms with E-state index in [0.29, 0.717) is 6.04 Å². The summed E-state index contributed by atoms with van der Waals surface area (Å²) < 4.78 is 7.80. The van der Waals surface area contributed by atoms with Crippen LogP contribution in [0.3, 0.4) is 0 Å². The molecule has 5 rings (SSSR count). The summed E-state index contributed by atoms with van der Waals surface area (Å²) in [4.78, 5) is 11.6. The Labute approximate surface area is 224 Å². The van der Waals surface area contributed by atoms with Gasteiger partial charge in [0.15, 0.2) is 5.65 Å². The number of aromatic nitrogens is 3. The molecule has 0 unspecified atom stereocenters. The first-order chi connectivity index (χ1) is 18.0. The Balaban J connectivity index is 1.59. The lowest BCUT2D eigenvalue weighted by Gasteiger charge is -2.40. The van der Waals surface area contributed by atoms with Crippen LogP contribution in [0.4, 0.5) is 17.2 Å². The molecular weight excluding hydrogens is 484 g/mol. The zero-order chi connectivity index (χ0) is 25.9. The molecule has 1 fully saturated rings. The quantitative estimate of drug-likeness (QED) is 0.279. The topological polar surface area (TPSA) is 49.1 Å². The van der Waals surface area contributed by atoms with E-state index in [1.165, 1.54) is 5.69 Å². The number of methoxy groups -OCH3 is 1.